The molecule has 0 unspecified atom stereocenters. The number of rotatable bonds is 4. The first-order chi connectivity index (χ1) is 13.6. The molecule has 2 aromatic carbocycles. The molecule has 0 bridgehead atoms. The van der Waals surface area contributed by atoms with E-state index in [9.17, 15) is 27.7 Å². The number of sulfonamides is 1. The number of nitrogens with zero attached hydrogens (tertiary/aromatic N) is 3. The fourth-order valence-corrected chi connectivity index (χ4v) is 4.82. The second-order valence-electron chi connectivity index (χ2n) is 6.20. The molecule has 0 spiro atoms. The summed E-state index contributed by atoms with van der Waals surface area (Å²) in [7, 11) is -3.96. The Balaban J connectivity index is 1.75. The largest absolute Gasteiger partial charge is 0.336 e. The Hall–Kier alpha value is -2.27. The van der Waals surface area contributed by atoms with Crippen molar-refractivity contribution in [2.45, 2.75) is 4.90 Å². The van der Waals surface area contributed by atoms with Crippen LogP contribution in [0.5, 0.6) is 0 Å². The van der Waals surface area contributed by atoms with Gasteiger partial charge in [0.2, 0.25) is 10.0 Å². The molecule has 2 aromatic rings. The van der Waals surface area contributed by atoms with Crippen molar-refractivity contribution in [2.75, 3.05) is 26.2 Å². The molecule has 0 N–H and O–H groups in total. The highest BCUT2D eigenvalue weighted by Gasteiger charge is 2.32. The van der Waals surface area contributed by atoms with Gasteiger partial charge >= 0.3 is 0 Å². The van der Waals surface area contributed by atoms with Gasteiger partial charge in [0.25, 0.3) is 11.6 Å². The average molecular weight is 462 g/mol. The molecule has 1 heterocycles. The van der Waals surface area contributed by atoms with Gasteiger partial charge in [0.15, 0.2) is 0 Å². The first kappa shape index (κ1) is 21.4. The number of hydrogen-bond acceptors (Lipinski definition) is 5. The highest BCUT2D eigenvalue weighted by molar-refractivity contribution is 7.89. The average Bonchev–Trinajstić information content (AvgIpc) is 2.70. The van der Waals surface area contributed by atoms with Crippen LogP contribution in [0.1, 0.15) is 10.4 Å². The molecule has 0 radical (unpaired) electrons. The zero-order valence-corrected chi connectivity index (χ0v) is 17.0. The predicted octanol–water partition coefficient (Wildman–Crippen LogP) is 3.19. The summed E-state index contributed by atoms with van der Waals surface area (Å²) in [4.78, 5) is 24.0. The molecule has 1 saturated heterocycles. The highest BCUT2D eigenvalue weighted by atomic mass is 35.5. The van der Waals surface area contributed by atoms with E-state index in [1.54, 1.807) is 0 Å². The molecule has 1 aliphatic rings. The fraction of sp³-hybridized carbons (Fsp3) is 0.235. The van der Waals surface area contributed by atoms with Crippen LogP contribution in [0.15, 0.2) is 41.3 Å². The van der Waals surface area contributed by atoms with E-state index in [0.29, 0.717) is 0 Å². The molecule has 0 saturated carbocycles. The monoisotopic (exact) mass is 461 g/mol. The maximum Gasteiger partial charge on any atom is 0.270 e. The molecule has 154 valence electrons. The summed E-state index contributed by atoms with van der Waals surface area (Å²) in [6.07, 6.45) is 0. The predicted molar refractivity (Wildman–Crippen MR) is 104 cm³/mol. The first-order valence-corrected chi connectivity index (χ1v) is 10.5. The lowest BCUT2D eigenvalue weighted by Gasteiger charge is -2.34. The van der Waals surface area contributed by atoms with Crippen molar-refractivity contribution in [2.24, 2.45) is 0 Å². The number of hydrogen-bond donors (Lipinski definition) is 0. The number of non-ortho nitro benzene ring substituents is 1. The zero-order valence-electron chi connectivity index (χ0n) is 14.7. The van der Waals surface area contributed by atoms with Gasteiger partial charge in [-0.3, -0.25) is 14.9 Å². The van der Waals surface area contributed by atoms with E-state index in [1.807, 2.05) is 0 Å². The first-order valence-electron chi connectivity index (χ1n) is 8.29. The Morgan fingerprint density at radius 1 is 1.07 bits per heavy atom. The fourth-order valence-electron chi connectivity index (χ4n) is 2.89. The molecule has 1 fully saturated rings. The number of nitro groups is 1. The van der Waals surface area contributed by atoms with E-state index in [2.05, 4.69) is 0 Å². The molecule has 1 aliphatic heterocycles. The summed E-state index contributed by atoms with van der Waals surface area (Å²) in [6.45, 7) is 0.0516. The number of carbonyl (C=O) groups is 1. The Morgan fingerprint density at radius 3 is 2.34 bits per heavy atom. The van der Waals surface area contributed by atoms with Gasteiger partial charge in [0, 0.05) is 38.3 Å². The summed E-state index contributed by atoms with van der Waals surface area (Å²) < 4.78 is 40.3. The molecule has 0 aromatic heterocycles. The van der Waals surface area contributed by atoms with E-state index < -0.39 is 26.7 Å². The Kier molecular flexibility index (Phi) is 6.08. The Morgan fingerprint density at radius 2 is 1.72 bits per heavy atom. The van der Waals surface area contributed by atoms with Crippen molar-refractivity contribution in [1.29, 1.82) is 0 Å². The van der Waals surface area contributed by atoms with Gasteiger partial charge in [0.05, 0.1) is 25.4 Å². The van der Waals surface area contributed by atoms with Crippen LogP contribution in [-0.4, -0.2) is 54.6 Å². The third kappa shape index (κ3) is 4.35. The van der Waals surface area contributed by atoms with Gasteiger partial charge in [-0.05, 0) is 18.2 Å². The molecular weight excluding hydrogens is 448 g/mol. The summed E-state index contributed by atoms with van der Waals surface area (Å²) in [5.41, 5.74) is -0.400. The number of halogens is 3. The third-order valence-corrected chi connectivity index (χ3v) is 6.93. The van der Waals surface area contributed by atoms with Crippen LogP contribution in [0.25, 0.3) is 0 Å². The lowest BCUT2D eigenvalue weighted by molar-refractivity contribution is -0.385. The third-order valence-electron chi connectivity index (χ3n) is 4.43. The number of piperazine rings is 1. The quantitative estimate of drug-likeness (QED) is 0.395. The van der Waals surface area contributed by atoms with Crippen molar-refractivity contribution in [3.8, 4) is 0 Å². The summed E-state index contributed by atoms with van der Waals surface area (Å²) in [5.74, 6) is -1.33. The number of benzene rings is 2. The number of nitro benzene ring substituents is 1. The minimum Gasteiger partial charge on any atom is -0.336 e. The number of carbonyl (C=O) groups excluding carboxylic acids is 1. The van der Waals surface area contributed by atoms with Crippen LogP contribution in [0.3, 0.4) is 0 Å². The summed E-state index contributed by atoms with van der Waals surface area (Å²) in [6, 6.07) is 6.83. The van der Waals surface area contributed by atoms with Crippen molar-refractivity contribution in [1.82, 2.24) is 9.21 Å². The summed E-state index contributed by atoms with van der Waals surface area (Å²) in [5, 5.41) is 10.7. The second kappa shape index (κ2) is 8.23. The van der Waals surface area contributed by atoms with Crippen molar-refractivity contribution in [3.63, 3.8) is 0 Å². The maximum absolute atomic E-state index is 13.7. The molecule has 3 rings (SSSR count). The van der Waals surface area contributed by atoms with Gasteiger partial charge in [0.1, 0.15) is 5.82 Å². The molecule has 29 heavy (non-hydrogen) atoms. The van der Waals surface area contributed by atoms with Crippen LogP contribution < -0.4 is 0 Å². The smallest absolute Gasteiger partial charge is 0.270 e. The van der Waals surface area contributed by atoms with Gasteiger partial charge in [-0.25, -0.2) is 12.8 Å². The van der Waals surface area contributed by atoms with Crippen LogP contribution in [0, 0.1) is 15.9 Å². The van der Waals surface area contributed by atoms with E-state index in [4.69, 9.17) is 23.2 Å². The van der Waals surface area contributed by atoms with E-state index in [0.717, 1.165) is 22.5 Å². The van der Waals surface area contributed by atoms with Crippen molar-refractivity contribution in [3.05, 3.63) is 67.9 Å². The highest BCUT2D eigenvalue weighted by Crippen LogP contribution is 2.27. The van der Waals surface area contributed by atoms with Gasteiger partial charge in [-0.2, -0.15) is 4.31 Å². The van der Waals surface area contributed by atoms with Gasteiger partial charge in [-0.15, -0.1) is 0 Å². The van der Waals surface area contributed by atoms with Crippen molar-refractivity contribution < 1.29 is 22.5 Å². The molecular formula is C17H14Cl2FN3O5S. The molecule has 0 atom stereocenters. The van der Waals surface area contributed by atoms with E-state index in [-0.39, 0.29) is 52.4 Å². The lowest BCUT2D eigenvalue weighted by Crippen LogP contribution is -2.50. The van der Waals surface area contributed by atoms with Crippen molar-refractivity contribution >= 4 is 44.8 Å². The van der Waals surface area contributed by atoms with Crippen LogP contribution >= 0.6 is 23.2 Å². The van der Waals surface area contributed by atoms with E-state index >= 15 is 0 Å². The topological polar surface area (TPSA) is 101 Å². The number of amides is 1. The molecule has 1 amide bonds. The minimum absolute atomic E-state index is 0.00644. The molecule has 8 nitrogen and oxygen atoms in total. The summed E-state index contributed by atoms with van der Waals surface area (Å²) >= 11 is 11.6. The standard InChI is InChI=1S/C17H14Cl2FN3O5S/c18-14-10-15(19)16(20)9-13(14)17(24)21-4-6-22(7-5-21)29(27,28)12-3-1-2-11(8-12)23(25)26/h1-3,8-10H,4-7H2. The zero-order chi connectivity index (χ0) is 21.3. The van der Waals surface area contributed by atoms with Crippen LogP contribution in [0.4, 0.5) is 10.1 Å². The lowest BCUT2D eigenvalue weighted by atomic mass is 10.1. The minimum atomic E-state index is -3.96. The molecule has 12 heteroatoms. The van der Waals surface area contributed by atoms with Crippen LogP contribution in [0.2, 0.25) is 10.0 Å². The van der Waals surface area contributed by atoms with Crippen LogP contribution in [-0.2, 0) is 10.0 Å². The van der Waals surface area contributed by atoms with Gasteiger partial charge < -0.3 is 4.90 Å². The normalized spacial score (nSPS) is 15.3. The Labute approximate surface area is 175 Å². The Bertz CT molecular complexity index is 1090. The van der Waals surface area contributed by atoms with E-state index in [1.165, 1.54) is 23.1 Å². The SMILES string of the molecule is O=C(c1cc(F)c(Cl)cc1Cl)N1CCN(S(=O)(=O)c2cccc([N+](=O)[O-])c2)CC1. The molecule has 0 aliphatic carbocycles. The maximum atomic E-state index is 13.7. The van der Waals surface area contributed by atoms with Gasteiger partial charge in [-0.1, -0.05) is 29.3 Å². The second-order valence-corrected chi connectivity index (χ2v) is 8.95.